The molecule has 0 saturated carbocycles. The van der Waals surface area contributed by atoms with Gasteiger partial charge in [-0.15, -0.1) is 0 Å². The molecule has 0 aliphatic rings. The lowest BCUT2D eigenvalue weighted by Crippen LogP contribution is -2.14. The Labute approximate surface area is 156 Å². The molecule has 130 valence electrons. The largest absolute Gasteiger partial charge is 0.432 e. The number of aldehydes is 2. The first-order chi connectivity index (χ1) is 12.6. The van der Waals surface area contributed by atoms with Crippen molar-refractivity contribution in [2.24, 2.45) is 0 Å². The number of hydrogen-bond acceptors (Lipinski definition) is 5. The summed E-state index contributed by atoms with van der Waals surface area (Å²) in [5.41, 5.74) is 1.10. The molecular formula is C20H15O4PS. The molecule has 0 aliphatic carbocycles. The van der Waals surface area contributed by atoms with Gasteiger partial charge in [0, 0.05) is 11.1 Å². The van der Waals surface area contributed by atoms with Crippen molar-refractivity contribution >= 4 is 36.2 Å². The zero-order valence-corrected chi connectivity index (χ0v) is 15.4. The monoisotopic (exact) mass is 382 g/mol. The minimum absolute atomic E-state index is 0.521. The average Bonchev–Trinajstić information content (AvgIpc) is 2.70. The third kappa shape index (κ3) is 4.26. The third-order valence-corrected chi connectivity index (χ3v) is 6.47. The van der Waals surface area contributed by atoms with Gasteiger partial charge in [-0.1, -0.05) is 18.2 Å². The van der Waals surface area contributed by atoms with Gasteiger partial charge in [0.15, 0.2) is 0 Å². The van der Waals surface area contributed by atoms with Crippen molar-refractivity contribution in [2.45, 2.75) is 0 Å². The molecule has 3 aromatic carbocycles. The van der Waals surface area contributed by atoms with Gasteiger partial charge in [0.05, 0.1) is 5.30 Å². The van der Waals surface area contributed by atoms with Gasteiger partial charge in [0.1, 0.15) is 24.1 Å². The Bertz CT molecular complexity index is 880. The summed E-state index contributed by atoms with van der Waals surface area (Å²) in [6.07, 6.45) is 1.53. The van der Waals surface area contributed by atoms with Crippen molar-refractivity contribution < 1.29 is 18.6 Å². The van der Waals surface area contributed by atoms with E-state index in [0.717, 1.165) is 17.9 Å². The van der Waals surface area contributed by atoms with E-state index >= 15 is 0 Å². The zero-order chi connectivity index (χ0) is 18.4. The van der Waals surface area contributed by atoms with Crippen LogP contribution >= 0.6 is 6.49 Å². The molecule has 0 heterocycles. The van der Waals surface area contributed by atoms with E-state index < -0.39 is 6.49 Å². The lowest BCUT2D eigenvalue weighted by Gasteiger charge is -2.24. The van der Waals surface area contributed by atoms with Crippen LogP contribution in [0.4, 0.5) is 0 Å². The predicted octanol–water partition coefficient (Wildman–Crippen LogP) is 4.40. The van der Waals surface area contributed by atoms with Crippen LogP contribution in [0.1, 0.15) is 20.7 Å². The van der Waals surface area contributed by atoms with Crippen LogP contribution in [-0.4, -0.2) is 12.6 Å². The molecule has 4 nitrogen and oxygen atoms in total. The van der Waals surface area contributed by atoms with Crippen molar-refractivity contribution in [3.8, 4) is 11.5 Å². The van der Waals surface area contributed by atoms with E-state index in [1.807, 2.05) is 30.3 Å². The van der Waals surface area contributed by atoms with E-state index in [-0.39, 0.29) is 0 Å². The molecule has 0 unspecified atom stereocenters. The minimum atomic E-state index is -2.91. The number of rotatable bonds is 7. The van der Waals surface area contributed by atoms with Crippen LogP contribution < -0.4 is 14.4 Å². The number of carbonyl (C=O) groups is 2. The topological polar surface area (TPSA) is 52.6 Å². The molecule has 3 rings (SSSR count). The Morgan fingerprint density at radius 3 is 1.46 bits per heavy atom. The Morgan fingerprint density at radius 2 is 1.08 bits per heavy atom. The first-order valence-electron chi connectivity index (χ1n) is 7.78. The van der Waals surface area contributed by atoms with E-state index in [1.165, 1.54) is 0 Å². The highest BCUT2D eigenvalue weighted by atomic mass is 32.5. The quantitative estimate of drug-likeness (QED) is 0.448. The molecule has 6 heteroatoms. The normalized spacial score (nSPS) is 10.8. The van der Waals surface area contributed by atoms with E-state index in [4.69, 9.17) is 20.9 Å². The molecule has 0 saturated heterocycles. The van der Waals surface area contributed by atoms with Gasteiger partial charge in [-0.05, 0) is 72.5 Å². The number of hydrogen-bond donors (Lipinski definition) is 0. The molecule has 0 spiro atoms. The van der Waals surface area contributed by atoms with E-state index in [1.54, 1.807) is 48.5 Å². The molecule has 0 N–H and O–H groups in total. The molecular weight excluding hydrogens is 367 g/mol. The Hall–Kier alpha value is -2.75. The molecule has 0 fully saturated rings. The second-order valence-electron chi connectivity index (χ2n) is 5.39. The molecule has 0 bridgehead atoms. The van der Waals surface area contributed by atoms with Gasteiger partial charge in [0.2, 0.25) is 0 Å². The van der Waals surface area contributed by atoms with Crippen LogP contribution in [0.15, 0.2) is 78.9 Å². The van der Waals surface area contributed by atoms with Crippen LogP contribution in [0.25, 0.3) is 0 Å². The summed E-state index contributed by atoms with van der Waals surface area (Å²) >= 11 is 5.78. The van der Waals surface area contributed by atoms with Gasteiger partial charge in [-0.2, -0.15) is 0 Å². The smallest absolute Gasteiger partial charge is 0.319 e. The molecule has 0 atom stereocenters. The third-order valence-electron chi connectivity index (χ3n) is 3.56. The van der Waals surface area contributed by atoms with Gasteiger partial charge in [-0.3, -0.25) is 9.59 Å². The molecule has 26 heavy (non-hydrogen) atoms. The Balaban J connectivity index is 1.94. The standard InChI is InChI=1S/C20H15O4PS/c21-14-16-6-10-18(11-7-16)23-25(26,20-4-2-1-3-5-20)24-19-12-8-17(15-22)9-13-19/h1-15H. The van der Waals surface area contributed by atoms with Crippen LogP contribution in [0.3, 0.4) is 0 Å². The van der Waals surface area contributed by atoms with Crippen molar-refractivity contribution in [3.63, 3.8) is 0 Å². The predicted molar refractivity (Wildman–Crippen MR) is 105 cm³/mol. The summed E-state index contributed by atoms with van der Waals surface area (Å²) in [5, 5.41) is 0.758. The van der Waals surface area contributed by atoms with Crippen LogP contribution in [0.5, 0.6) is 11.5 Å². The lowest BCUT2D eigenvalue weighted by molar-refractivity contribution is 0.111. The maximum Gasteiger partial charge on any atom is 0.319 e. The van der Waals surface area contributed by atoms with Gasteiger partial charge < -0.3 is 9.05 Å². The summed E-state index contributed by atoms with van der Waals surface area (Å²) < 4.78 is 12.1. The highest BCUT2D eigenvalue weighted by Crippen LogP contribution is 2.47. The fraction of sp³-hybridized carbons (Fsp3) is 0. The maximum absolute atomic E-state index is 10.8. The summed E-state index contributed by atoms with van der Waals surface area (Å²) in [6.45, 7) is -2.91. The van der Waals surface area contributed by atoms with E-state index in [2.05, 4.69) is 0 Å². The minimum Gasteiger partial charge on any atom is -0.432 e. The van der Waals surface area contributed by atoms with Gasteiger partial charge in [0.25, 0.3) is 0 Å². The fourth-order valence-electron chi connectivity index (χ4n) is 2.23. The lowest BCUT2D eigenvalue weighted by atomic mass is 10.2. The Kier molecular flexibility index (Phi) is 5.61. The van der Waals surface area contributed by atoms with E-state index in [0.29, 0.717) is 22.6 Å². The van der Waals surface area contributed by atoms with Crippen molar-refractivity contribution in [2.75, 3.05) is 0 Å². The van der Waals surface area contributed by atoms with Gasteiger partial charge >= 0.3 is 6.49 Å². The summed E-state index contributed by atoms with van der Waals surface area (Å²) in [6, 6.07) is 22.7. The summed E-state index contributed by atoms with van der Waals surface area (Å²) in [4.78, 5) is 21.6. The first-order valence-corrected chi connectivity index (χ1v) is 10.4. The molecule has 0 radical (unpaired) electrons. The average molecular weight is 382 g/mol. The maximum atomic E-state index is 10.8. The highest BCUT2D eigenvalue weighted by molar-refractivity contribution is 8.13. The molecule has 0 amide bonds. The molecule has 0 aliphatic heterocycles. The van der Waals surface area contributed by atoms with Crippen LogP contribution in [0, 0.1) is 0 Å². The van der Waals surface area contributed by atoms with Crippen molar-refractivity contribution in [1.82, 2.24) is 0 Å². The Morgan fingerprint density at radius 1 is 0.654 bits per heavy atom. The van der Waals surface area contributed by atoms with Crippen LogP contribution in [-0.2, 0) is 11.8 Å². The summed E-state index contributed by atoms with van der Waals surface area (Å²) in [7, 11) is 0. The SMILES string of the molecule is O=Cc1ccc(OP(=S)(Oc2ccc(C=O)cc2)c2ccccc2)cc1. The zero-order valence-electron chi connectivity index (χ0n) is 13.6. The highest BCUT2D eigenvalue weighted by Gasteiger charge is 2.25. The van der Waals surface area contributed by atoms with Crippen molar-refractivity contribution in [1.29, 1.82) is 0 Å². The number of benzene rings is 3. The van der Waals surface area contributed by atoms with Crippen LogP contribution in [0.2, 0.25) is 0 Å². The molecule has 3 aromatic rings. The number of carbonyl (C=O) groups excluding carboxylic acids is 2. The summed E-state index contributed by atoms with van der Waals surface area (Å²) in [5.74, 6) is 1.04. The van der Waals surface area contributed by atoms with Crippen molar-refractivity contribution in [3.05, 3.63) is 90.0 Å². The molecule has 0 aromatic heterocycles. The van der Waals surface area contributed by atoms with Gasteiger partial charge in [-0.25, -0.2) is 0 Å². The second-order valence-corrected chi connectivity index (χ2v) is 8.71. The second kappa shape index (κ2) is 8.09. The first kappa shape index (κ1) is 18.1. The van der Waals surface area contributed by atoms with E-state index in [9.17, 15) is 9.59 Å². The fourth-order valence-corrected chi connectivity index (χ4v) is 4.69.